The van der Waals surface area contributed by atoms with Gasteiger partial charge in [-0.25, -0.2) is 4.85 Å². The predicted octanol–water partition coefficient (Wildman–Crippen LogP) is 5.82. The van der Waals surface area contributed by atoms with Gasteiger partial charge in [0.05, 0.1) is 13.1 Å². The number of ether oxygens (including phenoxy) is 1. The third-order valence-electron chi connectivity index (χ3n) is 6.63. The van der Waals surface area contributed by atoms with Gasteiger partial charge in [-0.3, -0.25) is 9.58 Å². The van der Waals surface area contributed by atoms with E-state index in [1.807, 2.05) is 59.3 Å². The number of likely N-dealkylation sites (tertiary alicyclic amines) is 1. The minimum Gasteiger partial charge on any atom is -0.457 e. The van der Waals surface area contributed by atoms with Crippen molar-refractivity contribution in [1.29, 1.82) is 0 Å². The van der Waals surface area contributed by atoms with Gasteiger partial charge in [0.2, 0.25) is 0 Å². The van der Waals surface area contributed by atoms with Crippen molar-refractivity contribution in [3.05, 3.63) is 102 Å². The summed E-state index contributed by atoms with van der Waals surface area (Å²) in [6, 6.07) is 28.1. The van der Waals surface area contributed by atoms with Crippen molar-refractivity contribution in [2.45, 2.75) is 13.1 Å². The minimum atomic E-state index is 0.164. The van der Waals surface area contributed by atoms with Crippen LogP contribution in [0.25, 0.3) is 16.1 Å². The molecule has 4 aromatic rings. The van der Waals surface area contributed by atoms with E-state index in [9.17, 15) is 0 Å². The van der Waals surface area contributed by atoms with Gasteiger partial charge in [-0.05, 0) is 35.4 Å². The number of fused-ring (bicyclic) bond motifs is 1. The molecule has 1 aromatic heterocycles. The third-order valence-corrected chi connectivity index (χ3v) is 6.63. The fraction of sp³-hybridized carbons (Fsp3) is 0.214. The van der Waals surface area contributed by atoms with Gasteiger partial charge in [0, 0.05) is 31.6 Å². The highest BCUT2D eigenvalue weighted by Gasteiger charge is 2.46. The first-order valence-corrected chi connectivity index (χ1v) is 11.5. The van der Waals surface area contributed by atoms with Crippen LogP contribution in [0.2, 0.25) is 0 Å². The highest BCUT2D eigenvalue weighted by Crippen LogP contribution is 2.44. The molecule has 1 fully saturated rings. The maximum Gasteiger partial charge on any atom is 0.255 e. The van der Waals surface area contributed by atoms with Crippen LogP contribution in [0.15, 0.2) is 84.9 Å². The second kappa shape index (κ2) is 8.36. The normalized spacial score (nSPS) is 16.2. The van der Waals surface area contributed by atoms with Crippen LogP contribution < -0.4 is 10.1 Å². The number of benzene rings is 3. The molecule has 0 unspecified atom stereocenters. The van der Waals surface area contributed by atoms with Crippen LogP contribution in [0.3, 0.4) is 0 Å². The first-order valence-electron chi connectivity index (χ1n) is 11.5. The molecule has 0 bridgehead atoms. The highest BCUT2D eigenvalue weighted by molar-refractivity contribution is 5.84. The summed E-state index contributed by atoms with van der Waals surface area (Å²) in [4.78, 5) is 6.32. The van der Waals surface area contributed by atoms with Gasteiger partial charge in [0.1, 0.15) is 23.0 Å². The molecule has 0 amide bonds. The standard InChI is InChI=1S/C28H25N5O/c1-29-26-25(22-12-14-24(15-13-22)34-23-10-6-3-7-11-23)31-33-20-28(17-30-27(26)33)18-32(19-28)16-21-8-4-2-5-9-21/h2-15,30H,16-20H2. The van der Waals surface area contributed by atoms with E-state index in [0.717, 1.165) is 61.3 Å². The van der Waals surface area contributed by atoms with E-state index in [-0.39, 0.29) is 5.41 Å². The van der Waals surface area contributed by atoms with E-state index in [1.54, 1.807) is 0 Å². The molecular weight excluding hydrogens is 422 g/mol. The maximum atomic E-state index is 7.79. The molecule has 1 N–H and O–H groups in total. The Bertz CT molecular complexity index is 1330. The second-order valence-corrected chi connectivity index (χ2v) is 9.24. The number of rotatable bonds is 5. The van der Waals surface area contributed by atoms with Crippen molar-refractivity contribution in [3.63, 3.8) is 0 Å². The lowest BCUT2D eigenvalue weighted by atomic mass is 9.78. The molecule has 0 aliphatic carbocycles. The van der Waals surface area contributed by atoms with E-state index < -0.39 is 0 Å². The zero-order valence-electron chi connectivity index (χ0n) is 18.8. The lowest BCUT2D eigenvalue weighted by molar-refractivity contribution is -0.0153. The zero-order valence-corrected chi connectivity index (χ0v) is 18.8. The van der Waals surface area contributed by atoms with Gasteiger partial charge in [0.15, 0.2) is 0 Å². The van der Waals surface area contributed by atoms with Crippen molar-refractivity contribution in [2.24, 2.45) is 5.41 Å². The summed E-state index contributed by atoms with van der Waals surface area (Å²) in [5, 5.41) is 8.40. The van der Waals surface area contributed by atoms with Crippen LogP contribution in [0.1, 0.15) is 5.56 Å². The van der Waals surface area contributed by atoms with Gasteiger partial charge in [-0.2, -0.15) is 5.10 Å². The Morgan fingerprint density at radius 1 is 0.882 bits per heavy atom. The van der Waals surface area contributed by atoms with Gasteiger partial charge in [-0.1, -0.05) is 60.7 Å². The quantitative estimate of drug-likeness (QED) is 0.392. The number of anilines is 1. The van der Waals surface area contributed by atoms with Gasteiger partial charge >= 0.3 is 0 Å². The summed E-state index contributed by atoms with van der Waals surface area (Å²) in [5.74, 6) is 2.39. The number of aromatic nitrogens is 2. The van der Waals surface area contributed by atoms with E-state index >= 15 is 0 Å². The molecule has 3 heterocycles. The van der Waals surface area contributed by atoms with Crippen LogP contribution >= 0.6 is 0 Å². The van der Waals surface area contributed by atoms with E-state index in [0.29, 0.717) is 5.69 Å². The number of para-hydroxylation sites is 1. The number of hydrogen-bond donors (Lipinski definition) is 1. The lowest BCUT2D eigenvalue weighted by Crippen LogP contribution is -2.62. The molecule has 34 heavy (non-hydrogen) atoms. The Labute approximate surface area is 199 Å². The summed E-state index contributed by atoms with van der Waals surface area (Å²) in [6.45, 7) is 12.5. The highest BCUT2D eigenvalue weighted by atomic mass is 16.5. The van der Waals surface area contributed by atoms with Crippen molar-refractivity contribution in [2.75, 3.05) is 25.0 Å². The Morgan fingerprint density at radius 3 is 2.26 bits per heavy atom. The first-order chi connectivity index (χ1) is 16.7. The smallest absolute Gasteiger partial charge is 0.255 e. The second-order valence-electron chi connectivity index (χ2n) is 9.24. The van der Waals surface area contributed by atoms with Crippen LogP contribution in [0.5, 0.6) is 11.5 Å². The SMILES string of the molecule is [C-]#[N+]c1c(-c2ccc(Oc3ccccc3)cc2)nn2c1NCC1(CN(Cc3ccccc3)C1)C2. The Hall–Kier alpha value is -4.08. The average molecular weight is 448 g/mol. The van der Waals surface area contributed by atoms with Crippen LogP contribution in [-0.4, -0.2) is 34.3 Å². The van der Waals surface area contributed by atoms with Crippen LogP contribution in [-0.2, 0) is 13.1 Å². The summed E-state index contributed by atoms with van der Waals surface area (Å²) < 4.78 is 7.91. The number of hydrogen-bond acceptors (Lipinski definition) is 4. The third kappa shape index (κ3) is 3.81. The Balaban J connectivity index is 1.18. The Morgan fingerprint density at radius 2 is 1.56 bits per heavy atom. The number of nitrogens with zero attached hydrogens (tertiary/aromatic N) is 4. The van der Waals surface area contributed by atoms with Crippen molar-refractivity contribution >= 4 is 11.5 Å². The zero-order chi connectivity index (χ0) is 23.0. The van der Waals surface area contributed by atoms with Gasteiger partial charge in [0.25, 0.3) is 5.69 Å². The maximum absolute atomic E-state index is 7.79. The summed E-state index contributed by atoms with van der Waals surface area (Å²) in [6.07, 6.45) is 0. The van der Waals surface area contributed by atoms with Gasteiger partial charge in [-0.15, -0.1) is 0 Å². The molecule has 1 spiro atoms. The molecule has 3 aromatic carbocycles. The summed E-state index contributed by atoms with van der Waals surface area (Å²) in [5.41, 5.74) is 3.74. The summed E-state index contributed by atoms with van der Waals surface area (Å²) in [7, 11) is 0. The van der Waals surface area contributed by atoms with Crippen LogP contribution in [0.4, 0.5) is 11.5 Å². The average Bonchev–Trinajstić information content (AvgIpc) is 3.22. The molecule has 6 nitrogen and oxygen atoms in total. The largest absolute Gasteiger partial charge is 0.457 e. The predicted molar refractivity (Wildman–Crippen MR) is 133 cm³/mol. The molecule has 0 atom stereocenters. The Kier molecular flexibility index (Phi) is 5.05. The van der Waals surface area contributed by atoms with Crippen molar-refractivity contribution in [3.8, 4) is 22.8 Å². The summed E-state index contributed by atoms with van der Waals surface area (Å²) >= 11 is 0. The molecule has 2 aliphatic rings. The molecular formula is C28H25N5O. The molecule has 6 heteroatoms. The fourth-order valence-electron chi connectivity index (χ4n) is 5.06. The van der Waals surface area contributed by atoms with Crippen LogP contribution in [0, 0.1) is 12.0 Å². The first kappa shape index (κ1) is 20.5. The molecule has 2 aliphatic heterocycles. The lowest BCUT2D eigenvalue weighted by Gasteiger charge is -2.52. The molecule has 6 rings (SSSR count). The van der Waals surface area contributed by atoms with Crippen molar-refractivity contribution in [1.82, 2.24) is 14.7 Å². The van der Waals surface area contributed by atoms with E-state index in [2.05, 4.69) is 45.4 Å². The van der Waals surface area contributed by atoms with E-state index in [1.165, 1.54) is 5.56 Å². The fourth-order valence-corrected chi connectivity index (χ4v) is 5.06. The van der Waals surface area contributed by atoms with Crippen molar-refractivity contribution < 1.29 is 4.74 Å². The van der Waals surface area contributed by atoms with Gasteiger partial charge < -0.3 is 10.1 Å². The number of nitrogens with one attached hydrogen (secondary N) is 1. The molecule has 168 valence electrons. The molecule has 0 saturated carbocycles. The topological polar surface area (TPSA) is 46.7 Å². The minimum absolute atomic E-state index is 0.164. The van der Waals surface area contributed by atoms with E-state index in [4.69, 9.17) is 16.4 Å². The molecule has 0 radical (unpaired) electrons. The molecule has 1 saturated heterocycles. The monoisotopic (exact) mass is 447 g/mol.